The van der Waals surface area contributed by atoms with E-state index in [1.807, 2.05) is 45.9 Å². The Morgan fingerprint density at radius 1 is 0.931 bits per heavy atom. The first-order chi connectivity index (χ1) is 13.5. The van der Waals surface area contributed by atoms with Crippen molar-refractivity contribution < 1.29 is 22.8 Å². The second kappa shape index (κ2) is 7.71. The zero-order valence-electron chi connectivity index (χ0n) is 16.4. The third-order valence-electron chi connectivity index (χ3n) is 4.50. The van der Waals surface area contributed by atoms with Crippen molar-refractivity contribution in [2.24, 2.45) is 0 Å². The topological polar surface area (TPSA) is 37.4 Å². The van der Waals surface area contributed by atoms with E-state index < -0.39 is 23.6 Å². The van der Waals surface area contributed by atoms with Gasteiger partial charge >= 0.3 is 6.18 Å². The molecule has 152 valence electrons. The highest BCUT2D eigenvalue weighted by molar-refractivity contribution is 8.04. The van der Waals surface area contributed by atoms with Crippen LogP contribution in [0, 0.1) is 13.8 Å². The first kappa shape index (κ1) is 21.2. The van der Waals surface area contributed by atoms with Gasteiger partial charge in [0.05, 0.1) is 21.7 Å². The van der Waals surface area contributed by atoms with E-state index in [-0.39, 0.29) is 10.9 Å². The molecule has 0 aliphatic carbocycles. The Labute approximate surface area is 171 Å². The van der Waals surface area contributed by atoms with Crippen LogP contribution in [0.15, 0.2) is 47.4 Å². The van der Waals surface area contributed by atoms with Crippen LogP contribution >= 0.6 is 11.8 Å². The van der Waals surface area contributed by atoms with Crippen molar-refractivity contribution in [1.29, 1.82) is 0 Å². The maximum atomic E-state index is 13.2. The quantitative estimate of drug-likeness (QED) is 0.593. The lowest BCUT2D eigenvalue weighted by Gasteiger charge is -2.16. The van der Waals surface area contributed by atoms with Crippen LogP contribution in [0.1, 0.15) is 36.1 Å². The predicted octanol–water partition coefficient (Wildman–Crippen LogP) is 5.75. The van der Waals surface area contributed by atoms with E-state index in [2.05, 4.69) is 0 Å². The van der Waals surface area contributed by atoms with Crippen LogP contribution in [0.5, 0.6) is 0 Å². The molecule has 3 nitrogen and oxygen atoms in total. The van der Waals surface area contributed by atoms with Crippen molar-refractivity contribution in [3.05, 3.63) is 69.6 Å². The molecule has 1 aliphatic rings. The minimum atomic E-state index is -4.49. The summed E-state index contributed by atoms with van der Waals surface area (Å²) in [4.78, 5) is 27.6. The smallest absolute Gasteiger partial charge is 0.268 e. The highest BCUT2D eigenvalue weighted by Gasteiger charge is 2.41. The second-order valence-corrected chi connectivity index (χ2v) is 8.77. The Morgan fingerprint density at radius 3 is 2.07 bits per heavy atom. The Balaban J connectivity index is 2.08. The summed E-state index contributed by atoms with van der Waals surface area (Å²) in [5, 5.41) is 0.0510. The second-order valence-electron chi connectivity index (χ2n) is 7.18. The Bertz CT molecular complexity index is 1010. The van der Waals surface area contributed by atoms with Crippen LogP contribution < -0.4 is 4.90 Å². The van der Waals surface area contributed by atoms with Crippen LogP contribution in [0.25, 0.3) is 5.57 Å². The molecule has 0 saturated heterocycles. The van der Waals surface area contributed by atoms with Crippen LogP contribution in [-0.4, -0.2) is 17.1 Å². The monoisotopic (exact) mass is 419 g/mol. The number of carbonyl (C=O) groups is 2. The molecule has 0 aromatic heterocycles. The van der Waals surface area contributed by atoms with Crippen LogP contribution in [0.4, 0.5) is 18.9 Å². The molecule has 2 aromatic rings. The van der Waals surface area contributed by atoms with Crippen molar-refractivity contribution in [3.8, 4) is 0 Å². The molecule has 0 N–H and O–H groups in total. The summed E-state index contributed by atoms with van der Waals surface area (Å²) < 4.78 is 38.6. The van der Waals surface area contributed by atoms with Crippen LogP contribution in [0.2, 0.25) is 0 Å². The number of benzene rings is 2. The van der Waals surface area contributed by atoms with E-state index in [0.29, 0.717) is 16.0 Å². The highest BCUT2D eigenvalue weighted by atomic mass is 32.2. The lowest BCUT2D eigenvalue weighted by atomic mass is 9.98. The first-order valence-electron chi connectivity index (χ1n) is 9.05. The molecule has 0 bridgehead atoms. The molecule has 0 radical (unpaired) electrons. The van der Waals surface area contributed by atoms with Crippen molar-refractivity contribution in [1.82, 2.24) is 0 Å². The van der Waals surface area contributed by atoms with Gasteiger partial charge in [-0.2, -0.15) is 13.2 Å². The number of hydrogen-bond donors (Lipinski definition) is 0. The van der Waals surface area contributed by atoms with Gasteiger partial charge in [0.25, 0.3) is 11.8 Å². The zero-order chi connectivity index (χ0) is 21.5. The van der Waals surface area contributed by atoms with Gasteiger partial charge < -0.3 is 0 Å². The largest absolute Gasteiger partial charge is 0.416 e. The number of aryl methyl sites for hydroxylation is 2. The number of rotatable bonds is 4. The lowest BCUT2D eigenvalue weighted by molar-refractivity contribution is -0.137. The van der Waals surface area contributed by atoms with E-state index in [1.165, 1.54) is 11.8 Å². The number of nitrogens with zero attached hydrogens (tertiary/aromatic N) is 1. The summed E-state index contributed by atoms with van der Waals surface area (Å²) in [6, 6.07) is 9.66. The molecule has 1 heterocycles. The van der Waals surface area contributed by atoms with Gasteiger partial charge in [-0.05, 0) is 49.2 Å². The molecule has 7 heteroatoms. The van der Waals surface area contributed by atoms with Crippen molar-refractivity contribution in [2.75, 3.05) is 4.90 Å². The zero-order valence-corrected chi connectivity index (χ0v) is 17.2. The van der Waals surface area contributed by atoms with Gasteiger partial charge in [-0.25, -0.2) is 4.90 Å². The average molecular weight is 419 g/mol. The Hall–Kier alpha value is -2.54. The summed E-state index contributed by atoms with van der Waals surface area (Å²) in [5.74, 6) is -1.03. The van der Waals surface area contributed by atoms with Gasteiger partial charge in [-0.3, -0.25) is 9.59 Å². The molecule has 0 unspecified atom stereocenters. The van der Waals surface area contributed by atoms with Gasteiger partial charge in [-0.1, -0.05) is 37.6 Å². The van der Waals surface area contributed by atoms with Gasteiger partial charge in [0.2, 0.25) is 0 Å². The van der Waals surface area contributed by atoms with Gasteiger partial charge in [-0.15, -0.1) is 11.8 Å². The molecule has 0 fully saturated rings. The lowest BCUT2D eigenvalue weighted by Crippen LogP contribution is -2.31. The maximum Gasteiger partial charge on any atom is 0.416 e. The fourth-order valence-electron chi connectivity index (χ4n) is 3.22. The summed E-state index contributed by atoms with van der Waals surface area (Å²) in [5.41, 5.74) is 2.13. The maximum absolute atomic E-state index is 13.2. The molecular formula is C22H20F3NO2S. The summed E-state index contributed by atoms with van der Waals surface area (Å²) in [7, 11) is 0. The average Bonchev–Trinajstić information content (AvgIpc) is 2.84. The van der Waals surface area contributed by atoms with E-state index in [4.69, 9.17) is 0 Å². The molecule has 2 aromatic carbocycles. The first-order valence-corrected chi connectivity index (χ1v) is 9.93. The molecule has 0 spiro atoms. The number of imide groups is 1. The Morgan fingerprint density at radius 2 is 1.55 bits per heavy atom. The molecule has 2 amide bonds. The molecular weight excluding hydrogens is 399 g/mol. The van der Waals surface area contributed by atoms with E-state index >= 15 is 0 Å². The van der Waals surface area contributed by atoms with Crippen molar-refractivity contribution in [3.63, 3.8) is 0 Å². The summed E-state index contributed by atoms with van der Waals surface area (Å²) in [6.07, 6.45) is -4.49. The molecule has 29 heavy (non-hydrogen) atoms. The van der Waals surface area contributed by atoms with E-state index in [1.54, 1.807) is 0 Å². The third-order valence-corrected chi connectivity index (χ3v) is 5.58. The minimum absolute atomic E-state index is 0.0510. The number of halogens is 3. The third kappa shape index (κ3) is 4.10. The van der Waals surface area contributed by atoms with E-state index in [0.717, 1.165) is 40.3 Å². The van der Waals surface area contributed by atoms with Crippen LogP contribution in [0.3, 0.4) is 0 Å². The number of amides is 2. The van der Waals surface area contributed by atoms with Crippen LogP contribution in [-0.2, 0) is 15.8 Å². The Kier molecular flexibility index (Phi) is 5.63. The van der Waals surface area contributed by atoms with Gasteiger partial charge in [0, 0.05) is 5.25 Å². The predicted molar refractivity (Wildman–Crippen MR) is 110 cm³/mol. The fraction of sp³-hybridized carbons (Fsp3) is 0.273. The molecule has 0 saturated carbocycles. The minimum Gasteiger partial charge on any atom is -0.268 e. The fourth-order valence-corrected chi connectivity index (χ4v) is 4.20. The number of thioether (sulfide) groups is 1. The number of alkyl halides is 3. The SMILES string of the molecule is Cc1ccc(C2=C(SC(C)C)C(=O)N(c3ccc(C(F)(F)F)cc3)C2=O)c(C)c1. The highest BCUT2D eigenvalue weighted by Crippen LogP contribution is 2.41. The standard InChI is InChI=1S/C22H20F3NO2S/c1-12(2)29-19-18(17-10-5-13(3)11-14(17)4)20(27)26(21(19)28)16-8-6-15(7-9-16)22(23,24)25/h5-12H,1-4H3. The molecule has 1 aliphatic heterocycles. The molecule has 0 atom stereocenters. The normalized spacial score (nSPS) is 15.1. The number of carbonyl (C=O) groups excluding carboxylic acids is 2. The van der Waals surface area contributed by atoms with E-state index in [9.17, 15) is 22.8 Å². The van der Waals surface area contributed by atoms with Gasteiger partial charge in [0.1, 0.15) is 0 Å². The van der Waals surface area contributed by atoms with Gasteiger partial charge in [0.15, 0.2) is 0 Å². The summed E-state index contributed by atoms with van der Waals surface area (Å²) in [6.45, 7) is 7.63. The van der Waals surface area contributed by atoms with Crippen molar-refractivity contribution in [2.45, 2.75) is 39.1 Å². The number of hydrogen-bond acceptors (Lipinski definition) is 3. The number of anilines is 1. The summed E-state index contributed by atoms with van der Waals surface area (Å²) >= 11 is 1.28. The van der Waals surface area contributed by atoms with Crippen molar-refractivity contribution >= 4 is 34.8 Å². The molecule has 3 rings (SSSR count).